The molecule has 0 saturated carbocycles. The molecule has 0 bridgehead atoms. The van der Waals surface area contributed by atoms with Gasteiger partial charge in [0.1, 0.15) is 11.4 Å². The average Bonchev–Trinajstić information content (AvgIpc) is 2.69. The smallest absolute Gasteiger partial charge is 0.319 e. The van der Waals surface area contributed by atoms with Gasteiger partial charge in [0.2, 0.25) is 0 Å². The van der Waals surface area contributed by atoms with Gasteiger partial charge in [0.25, 0.3) is 0 Å². The molecule has 0 aliphatic heterocycles. The second-order valence-corrected chi connectivity index (χ2v) is 8.27. The number of halogens is 1. The molecule has 150 valence electrons. The number of ether oxygens (including phenoxy) is 1. The summed E-state index contributed by atoms with van der Waals surface area (Å²) in [5.41, 5.74) is 0.614. The quantitative estimate of drug-likeness (QED) is 0.628. The Kier molecular flexibility index (Phi) is 6.13. The number of amides is 2. The topological polar surface area (TPSA) is 84.5 Å². The molecule has 0 fully saturated rings. The van der Waals surface area contributed by atoms with Gasteiger partial charge >= 0.3 is 6.03 Å². The number of urea groups is 1. The molecule has 3 aromatic carbocycles. The molecule has 0 unspecified atom stereocenters. The van der Waals surface area contributed by atoms with Crippen molar-refractivity contribution in [2.75, 3.05) is 11.6 Å². The van der Waals surface area contributed by atoms with Crippen molar-refractivity contribution in [3.63, 3.8) is 0 Å². The standard InChI is InChI=1S/C21H19FN2O4S/c1-29(26,27)17-12-10-15(11-13-17)14-23-21(25)24-20-18(22)8-5-9-19(20)28-16-6-3-2-4-7-16/h2-13H,14H2,1H3,(H2,23,24,25). The van der Waals surface area contributed by atoms with E-state index in [4.69, 9.17) is 4.74 Å². The van der Waals surface area contributed by atoms with E-state index in [-0.39, 0.29) is 22.9 Å². The molecule has 0 saturated heterocycles. The van der Waals surface area contributed by atoms with Crippen molar-refractivity contribution in [1.82, 2.24) is 5.32 Å². The Labute approximate surface area is 168 Å². The molecule has 29 heavy (non-hydrogen) atoms. The highest BCUT2D eigenvalue weighted by Gasteiger charge is 2.14. The molecule has 0 radical (unpaired) electrons. The lowest BCUT2D eigenvalue weighted by Gasteiger charge is -2.14. The Hall–Kier alpha value is -3.39. The van der Waals surface area contributed by atoms with E-state index in [1.54, 1.807) is 42.5 Å². The third-order valence-electron chi connectivity index (χ3n) is 3.99. The fourth-order valence-corrected chi connectivity index (χ4v) is 3.15. The second-order valence-electron chi connectivity index (χ2n) is 6.25. The van der Waals surface area contributed by atoms with E-state index in [1.807, 2.05) is 6.07 Å². The Morgan fingerprint density at radius 3 is 2.31 bits per heavy atom. The van der Waals surface area contributed by atoms with Crippen molar-refractivity contribution in [2.24, 2.45) is 0 Å². The van der Waals surface area contributed by atoms with Crippen molar-refractivity contribution in [2.45, 2.75) is 11.4 Å². The van der Waals surface area contributed by atoms with Gasteiger partial charge in [-0.3, -0.25) is 0 Å². The average molecular weight is 414 g/mol. The molecule has 2 amide bonds. The molecule has 0 atom stereocenters. The number of para-hydroxylation sites is 2. The van der Waals surface area contributed by atoms with E-state index in [1.165, 1.54) is 24.3 Å². The van der Waals surface area contributed by atoms with Crippen LogP contribution in [0, 0.1) is 5.82 Å². The van der Waals surface area contributed by atoms with Crippen molar-refractivity contribution in [3.05, 3.63) is 84.2 Å². The molecule has 0 heterocycles. The maximum Gasteiger partial charge on any atom is 0.319 e. The minimum atomic E-state index is -3.28. The third-order valence-corrected chi connectivity index (χ3v) is 5.12. The van der Waals surface area contributed by atoms with Gasteiger partial charge in [0, 0.05) is 12.8 Å². The highest BCUT2D eigenvalue weighted by molar-refractivity contribution is 7.90. The Morgan fingerprint density at radius 2 is 1.66 bits per heavy atom. The lowest BCUT2D eigenvalue weighted by atomic mass is 10.2. The summed E-state index contributed by atoms with van der Waals surface area (Å²) >= 11 is 0. The first-order valence-electron chi connectivity index (χ1n) is 8.68. The molecule has 6 nitrogen and oxygen atoms in total. The van der Waals surface area contributed by atoms with E-state index in [0.717, 1.165) is 6.26 Å². The lowest BCUT2D eigenvalue weighted by molar-refractivity contribution is 0.251. The van der Waals surface area contributed by atoms with Crippen LogP contribution in [0.4, 0.5) is 14.9 Å². The van der Waals surface area contributed by atoms with Gasteiger partial charge < -0.3 is 15.4 Å². The summed E-state index contributed by atoms with van der Waals surface area (Å²) in [6.07, 6.45) is 1.12. The summed E-state index contributed by atoms with van der Waals surface area (Å²) in [5, 5.41) is 5.06. The van der Waals surface area contributed by atoms with Crippen molar-refractivity contribution < 1.29 is 22.3 Å². The van der Waals surface area contributed by atoms with Crippen LogP contribution >= 0.6 is 0 Å². The number of benzene rings is 3. The number of hydrogen-bond acceptors (Lipinski definition) is 4. The van der Waals surface area contributed by atoms with Crippen molar-refractivity contribution in [1.29, 1.82) is 0 Å². The zero-order valence-electron chi connectivity index (χ0n) is 15.6. The number of sulfone groups is 1. The van der Waals surface area contributed by atoms with Crippen LogP contribution in [0.25, 0.3) is 0 Å². The monoisotopic (exact) mass is 414 g/mol. The number of anilines is 1. The van der Waals surface area contributed by atoms with Gasteiger partial charge in [-0.05, 0) is 42.0 Å². The summed E-state index contributed by atoms with van der Waals surface area (Å²) in [4.78, 5) is 12.4. The van der Waals surface area contributed by atoms with E-state index in [9.17, 15) is 17.6 Å². The zero-order valence-corrected chi connectivity index (χ0v) is 16.4. The molecule has 3 aromatic rings. The molecular formula is C21H19FN2O4S. The van der Waals surface area contributed by atoms with Gasteiger partial charge in [0.15, 0.2) is 21.4 Å². The van der Waals surface area contributed by atoms with Gasteiger partial charge in [-0.15, -0.1) is 0 Å². The number of carbonyl (C=O) groups excluding carboxylic acids is 1. The van der Waals surface area contributed by atoms with Crippen LogP contribution in [0.15, 0.2) is 77.7 Å². The summed E-state index contributed by atoms with van der Waals surface area (Å²) in [6, 6.07) is 18.6. The molecule has 8 heteroatoms. The fourth-order valence-electron chi connectivity index (χ4n) is 2.52. The minimum absolute atomic E-state index is 0.0822. The lowest BCUT2D eigenvalue weighted by Crippen LogP contribution is -2.28. The third kappa shape index (κ3) is 5.55. The first kappa shape index (κ1) is 20.3. The number of hydrogen-bond donors (Lipinski definition) is 2. The van der Waals surface area contributed by atoms with Crippen LogP contribution < -0.4 is 15.4 Å². The van der Waals surface area contributed by atoms with E-state index >= 15 is 0 Å². The van der Waals surface area contributed by atoms with Crippen LogP contribution in [0.1, 0.15) is 5.56 Å². The number of rotatable bonds is 6. The molecule has 0 aromatic heterocycles. The summed E-state index contributed by atoms with van der Waals surface area (Å²) in [7, 11) is -3.28. The van der Waals surface area contributed by atoms with Crippen LogP contribution in [0.2, 0.25) is 0 Å². The molecule has 3 rings (SSSR count). The highest BCUT2D eigenvalue weighted by atomic mass is 32.2. The maximum absolute atomic E-state index is 14.3. The van der Waals surface area contributed by atoms with Crippen LogP contribution in [-0.2, 0) is 16.4 Å². The molecule has 0 aliphatic rings. The van der Waals surface area contributed by atoms with E-state index < -0.39 is 21.7 Å². The van der Waals surface area contributed by atoms with E-state index in [2.05, 4.69) is 10.6 Å². The van der Waals surface area contributed by atoms with Crippen LogP contribution in [0.5, 0.6) is 11.5 Å². The minimum Gasteiger partial charge on any atom is -0.455 e. The van der Waals surface area contributed by atoms with Crippen molar-refractivity contribution >= 4 is 21.6 Å². The van der Waals surface area contributed by atoms with Gasteiger partial charge in [-0.25, -0.2) is 17.6 Å². The number of nitrogens with one attached hydrogen (secondary N) is 2. The Bertz CT molecular complexity index is 1100. The van der Waals surface area contributed by atoms with Gasteiger partial charge in [0.05, 0.1) is 4.90 Å². The zero-order chi connectivity index (χ0) is 20.9. The SMILES string of the molecule is CS(=O)(=O)c1ccc(CNC(=O)Nc2c(F)cccc2Oc2ccccc2)cc1. The normalized spacial score (nSPS) is 11.0. The summed E-state index contributed by atoms with van der Waals surface area (Å²) in [6.45, 7) is 0.138. The van der Waals surface area contributed by atoms with E-state index in [0.29, 0.717) is 11.3 Å². The molecular weight excluding hydrogens is 395 g/mol. The second kappa shape index (κ2) is 8.74. The van der Waals surface area contributed by atoms with Gasteiger partial charge in [-0.2, -0.15) is 0 Å². The van der Waals surface area contributed by atoms with Crippen LogP contribution in [0.3, 0.4) is 0 Å². The first-order valence-corrected chi connectivity index (χ1v) is 10.6. The predicted octanol–water partition coefficient (Wildman–Crippen LogP) is 4.34. The molecule has 2 N–H and O–H groups in total. The number of carbonyl (C=O) groups is 1. The molecule has 0 spiro atoms. The largest absolute Gasteiger partial charge is 0.455 e. The summed E-state index contributed by atoms with van der Waals surface area (Å²) in [5.74, 6) is 0.0440. The predicted molar refractivity (Wildman–Crippen MR) is 108 cm³/mol. The highest BCUT2D eigenvalue weighted by Crippen LogP contribution is 2.31. The van der Waals surface area contributed by atoms with Gasteiger partial charge in [-0.1, -0.05) is 36.4 Å². The Morgan fingerprint density at radius 1 is 0.966 bits per heavy atom. The maximum atomic E-state index is 14.3. The summed E-state index contributed by atoms with van der Waals surface area (Å²) < 4.78 is 42.9. The fraction of sp³-hybridized carbons (Fsp3) is 0.0952. The van der Waals surface area contributed by atoms with Crippen LogP contribution in [-0.4, -0.2) is 20.7 Å². The Balaban J connectivity index is 1.66. The first-order chi connectivity index (χ1) is 13.8. The van der Waals surface area contributed by atoms with Crippen molar-refractivity contribution in [3.8, 4) is 11.5 Å². The molecule has 0 aliphatic carbocycles.